The standard InChI is InChI=1S/C13H17N5O2/c1-17(10-3-5-11(20-2)6-4-10)13(19)12-9-18(8-7-14)16-15-12/h3-6,9H,7-8,14H2,1-2H3. The van der Waals surface area contributed by atoms with E-state index in [0.717, 1.165) is 11.4 Å². The summed E-state index contributed by atoms with van der Waals surface area (Å²) in [6.45, 7) is 0.984. The van der Waals surface area contributed by atoms with Gasteiger partial charge in [0, 0.05) is 19.3 Å². The molecule has 0 fully saturated rings. The van der Waals surface area contributed by atoms with Crippen LogP contribution in [0.4, 0.5) is 5.69 Å². The Morgan fingerprint density at radius 3 is 2.70 bits per heavy atom. The molecule has 0 unspecified atom stereocenters. The molecule has 1 aromatic carbocycles. The molecule has 2 N–H and O–H groups in total. The van der Waals surface area contributed by atoms with Crippen LogP contribution < -0.4 is 15.4 Å². The van der Waals surface area contributed by atoms with E-state index in [4.69, 9.17) is 10.5 Å². The number of hydrogen-bond donors (Lipinski definition) is 1. The van der Waals surface area contributed by atoms with E-state index in [1.54, 1.807) is 49.3 Å². The largest absolute Gasteiger partial charge is 0.497 e. The lowest BCUT2D eigenvalue weighted by atomic mass is 10.2. The van der Waals surface area contributed by atoms with Gasteiger partial charge in [-0.15, -0.1) is 5.10 Å². The van der Waals surface area contributed by atoms with Crippen LogP contribution in [0, 0.1) is 0 Å². The van der Waals surface area contributed by atoms with Gasteiger partial charge in [0.1, 0.15) is 5.75 Å². The lowest BCUT2D eigenvalue weighted by molar-refractivity contribution is 0.0988. The van der Waals surface area contributed by atoms with E-state index in [-0.39, 0.29) is 11.6 Å². The van der Waals surface area contributed by atoms with Crippen molar-refractivity contribution in [3.63, 3.8) is 0 Å². The maximum absolute atomic E-state index is 12.3. The fourth-order valence-corrected chi connectivity index (χ4v) is 1.73. The van der Waals surface area contributed by atoms with Crippen LogP contribution in [-0.4, -0.2) is 41.6 Å². The molecule has 0 atom stereocenters. The Morgan fingerprint density at radius 1 is 1.40 bits per heavy atom. The Labute approximate surface area is 116 Å². The molecular weight excluding hydrogens is 258 g/mol. The van der Waals surface area contributed by atoms with E-state index >= 15 is 0 Å². The van der Waals surface area contributed by atoms with Crippen molar-refractivity contribution in [2.24, 2.45) is 5.73 Å². The Balaban J connectivity index is 2.13. The number of aromatic nitrogens is 3. The average Bonchev–Trinajstić information content (AvgIpc) is 2.95. The molecule has 0 aliphatic heterocycles. The summed E-state index contributed by atoms with van der Waals surface area (Å²) >= 11 is 0. The zero-order valence-electron chi connectivity index (χ0n) is 11.5. The normalized spacial score (nSPS) is 10.3. The minimum atomic E-state index is -0.224. The van der Waals surface area contributed by atoms with Gasteiger partial charge in [-0.2, -0.15) is 0 Å². The first-order valence-corrected chi connectivity index (χ1v) is 6.18. The summed E-state index contributed by atoms with van der Waals surface area (Å²) in [4.78, 5) is 13.8. The molecule has 1 heterocycles. The third kappa shape index (κ3) is 2.94. The number of carbonyl (C=O) groups is 1. The second-order valence-electron chi connectivity index (χ2n) is 4.22. The number of carbonyl (C=O) groups excluding carboxylic acids is 1. The average molecular weight is 275 g/mol. The smallest absolute Gasteiger partial charge is 0.280 e. The maximum Gasteiger partial charge on any atom is 0.280 e. The molecule has 0 radical (unpaired) electrons. The van der Waals surface area contributed by atoms with Crippen LogP contribution in [0.5, 0.6) is 5.75 Å². The van der Waals surface area contributed by atoms with Crippen LogP contribution in [0.3, 0.4) is 0 Å². The van der Waals surface area contributed by atoms with Crippen LogP contribution in [0.25, 0.3) is 0 Å². The molecular formula is C13H17N5O2. The minimum absolute atomic E-state index is 0.224. The summed E-state index contributed by atoms with van der Waals surface area (Å²) in [6.07, 6.45) is 1.59. The number of ether oxygens (including phenoxy) is 1. The summed E-state index contributed by atoms with van der Waals surface area (Å²) in [5.41, 5.74) is 6.47. The molecule has 0 bridgehead atoms. The number of anilines is 1. The number of hydrogen-bond acceptors (Lipinski definition) is 5. The molecule has 7 nitrogen and oxygen atoms in total. The van der Waals surface area contributed by atoms with Crippen LogP contribution in [0.15, 0.2) is 30.5 Å². The lowest BCUT2D eigenvalue weighted by Gasteiger charge is -2.16. The second-order valence-corrected chi connectivity index (χ2v) is 4.22. The maximum atomic E-state index is 12.3. The van der Waals surface area contributed by atoms with Crippen LogP contribution in [0.2, 0.25) is 0 Å². The first-order valence-electron chi connectivity index (χ1n) is 6.18. The van der Waals surface area contributed by atoms with Gasteiger partial charge in [-0.3, -0.25) is 9.48 Å². The molecule has 0 saturated carbocycles. The topological polar surface area (TPSA) is 86.3 Å². The highest BCUT2D eigenvalue weighted by molar-refractivity contribution is 6.04. The molecule has 1 aromatic heterocycles. The molecule has 0 saturated heterocycles. The van der Waals surface area contributed by atoms with E-state index < -0.39 is 0 Å². The Morgan fingerprint density at radius 2 is 2.10 bits per heavy atom. The predicted molar refractivity (Wildman–Crippen MR) is 74.8 cm³/mol. The van der Waals surface area contributed by atoms with Gasteiger partial charge in [-0.05, 0) is 24.3 Å². The molecule has 2 rings (SSSR count). The number of nitrogens with two attached hydrogens (primary N) is 1. The van der Waals surface area contributed by atoms with Gasteiger partial charge < -0.3 is 15.4 Å². The van der Waals surface area contributed by atoms with Gasteiger partial charge in [0.25, 0.3) is 5.91 Å². The first-order chi connectivity index (χ1) is 9.65. The molecule has 1 amide bonds. The summed E-state index contributed by atoms with van der Waals surface area (Å²) in [6, 6.07) is 7.21. The van der Waals surface area contributed by atoms with Crippen LogP contribution >= 0.6 is 0 Å². The summed E-state index contributed by atoms with van der Waals surface area (Å²) in [5.74, 6) is 0.516. The van der Waals surface area contributed by atoms with Crippen molar-refractivity contribution in [2.45, 2.75) is 6.54 Å². The van der Waals surface area contributed by atoms with Crippen LogP contribution in [-0.2, 0) is 6.54 Å². The van der Waals surface area contributed by atoms with Crippen molar-refractivity contribution in [2.75, 3.05) is 25.6 Å². The lowest BCUT2D eigenvalue weighted by Crippen LogP contribution is -2.26. The van der Waals surface area contributed by atoms with Gasteiger partial charge in [-0.1, -0.05) is 5.21 Å². The first kappa shape index (κ1) is 14.0. The predicted octanol–water partition coefficient (Wildman–Crippen LogP) is 0.522. The quantitative estimate of drug-likeness (QED) is 0.859. The van der Waals surface area contributed by atoms with Crippen molar-refractivity contribution in [3.05, 3.63) is 36.2 Å². The Kier molecular flexibility index (Phi) is 4.31. The molecule has 106 valence electrons. The number of rotatable bonds is 5. The van der Waals surface area contributed by atoms with Gasteiger partial charge in [0.2, 0.25) is 0 Å². The highest BCUT2D eigenvalue weighted by atomic mass is 16.5. The number of methoxy groups -OCH3 is 1. The van der Waals surface area contributed by atoms with E-state index in [1.165, 1.54) is 4.90 Å². The number of amides is 1. The van der Waals surface area contributed by atoms with E-state index in [0.29, 0.717) is 13.1 Å². The Hall–Kier alpha value is -2.41. The van der Waals surface area contributed by atoms with E-state index in [9.17, 15) is 4.79 Å². The number of nitrogens with zero attached hydrogens (tertiary/aromatic N) is 4. The summed E-state index contributed by atoms with van der Waals surface area (Å²) in [7, 11) is 3.28. The van der Waals surface area contributed by atoms with Crippen molar-refractivity contribution in [1.82, 2.24) is 15.0 Å². The third-order valence-electron chi connectivity index (χ3n) is 2.88. The zero-order valence-corrected chi connectivity index (χ0v) is 11.5. The fraction of sp³-hybridized carbons (Fsp3) is 0.308. The third-order valence-corrected chi connectivity index (χ3v) is 2.88. The molecule has 20 heavy (non-hydrogen) atoms. The summed E-state index contributed by atoms with van der Waals surface area (Å²) in [5, 5.41) is 7.71. The highest BCUT2D eigenvalue weighted by Crippen LogP contribution is 2.19. The van der Waals surface area contributed by atoms with Gasteiger partial charge in [0.15, 0.2) is 5.69 Å². The molecule has 7 heteroatoms. The van der Waals surface area contributed by atoms with Gasteiger partial charge >= 0.3 is 0 Å². The Bertz CT molecular complexity index is 579. The summed E-state index contributed by atoms with van der Waals surface area (Å²) < 4.78 is 6.63. The minimum Gasteiger partial charge on any atom is -0.497 e. The van der Waals surface area contributed by atoms with E-state index in [1.807, 2.05) is 0 Å². The van der Waals surface area contributed by atoms with Gasteiger partial charge in [0.05, 0.1) is 19.9 Å². The molecule has 0 aliphatic carbocycles. The monoisotopic (exact) mass is 275 g/mol. The zero-order chi connectivity index (χ0) is 14.5. The van der Waals surface area contributed by atoms with Crippen molar-refractivity contribution < 1.29 is 9.53 Å². The van der Waals surface area contributed by atoms with Crippen molar-refractivity contribution in [1.29, 1.82) is 0 Å². The second kappa shape index (κ2) is 6.16. The van der Waals surface area contributed by atoms with Crippen molar-refractivity contribution >= 4 is 11.6 Å². The fourth-order valence-electron chi connectivity index (χ4n) is 1.73. The molecule has 0 spiro atoms. The van der Waals surface area contributed by atoms with E-state index in [2.05, 4.69) is 10.3 Å². The van der Waals surface area contributed by atoms with Gasteiger partial charge in [-0.25, -0.2) is 0 Å². The SMILES string of the molecule is COc1ccc(N(C)C(=O)c2cn(CCN)nn2)cc1. The van der Waals surface area contributed by atoms with Crippen LogP contribution in [0.1, 0.15) is 10.5 Å². The molecule has 0 aliphatic rings. The number of benzene rings is 1. The highest BCUT2D eigenvalue weighted by Gasteiger charge is 2.17. The van der Waals surface area contributed by atoms with Crippen molar-refractivity contribution in [3.8, 4) is 5.75 Å². The molecule has 2 aromatic rings.